The number of amides is 1. The van der Waals surface area contributed by atoms with Crippen molar-refractivity contribution in [3.63, 3.8) is 0 Å². The molecule has 0 spiro atoms. The molecule has 0 bridgehead atoms. The van der Waals surface area contributed by atoms with Crippen molar-refractivity contribution < 1.29 is 9.63 Å². The molecular weight excluding hydrogens is 396 g/mol. The van der Waals surface area contributed by atoms with Crippen LogP contribution < -0.4 is 10.6 Å². The van der Waals surface area contributed by atoms with Crippen LogP contribution in [0, 0.1) is 18.3 Å². The molecule has 1 aliphatic rings. The molecule has 0 saturated carbocycles. The maximum atomic E-state index is 12.4. The summed E-state index contributed by atoms with van der Waals surface area (Å²) in [6.07, 6.45) is 0.734. The van der Waals surface area contributed by atoms with Crippen LogP contribution in [0.4, 0.5) is 5.00 Å². The third-order valence-corrected chi connectivity index (χ3v) is 6.55. The van der Waals surface area contributed by atoms with Gasteiger partial charge in [-0.2, -0.15) is 5.26 Å². The van der Waals surface area contributed by atoms with E-state index in [0.29, 0.717) is 16.3 Å². The first-order valence-electron chi connectivity index (χ1n) is 9.91. The van der Waals surface area contributed by atoms with E-state index in [9.17, 15) is 10.1 Å². The number of fused-ring (bicyclic) bond motifs is 1. The van der Waals surface area contributed by atoms with Crippen LogP contribution >= 0.6 is 11.3 Å². The Balaban J connectivity index is 1.70. The molecule has 30 heavy (non-hydrogen) atoms. The molecule has 1 amide bonds. The molecule has 6 nitrogen and oxygen atoms in total. The van der Waals surface area contributed by atoms with Gasteiger partial charge < -0.3 is 15.5 Å². The van der Waals surface area contributed by atoms with E-state index in [-0.39, 0.29) is 23.6 Å². The van der Waals surface area contributed by atoms with Crippen LogP contribution in [0.5, 0.6) is 0 Å². The second-order valence-electron chi connectivity index (χ2n) is 8.90. The zero-order valence-electron chi connectivity index (χ0n) is 18.3. The fourth-order valence-electron chi connectivity index (χ4n) is 3.93. The SMILES string of the molecule is C/C(=N\OCC(=O)Nc1sc2c(c1C#N)CC(C)(C)NC2(C)C)c1ccc(C)cc1. The molecule has 1 aromatic heterocycles. The van der Waals surface area contributed by atoms with Crippen molar-refractivity contribution in [1.29, 1.82) is 5.26 Å². The zero-order chi connectivity index (χ0) is 22.1. The number of hydrogen-bond acceptors (Lipinski definition) is 6. The smallest absolute Gasteiger partial charge is 0.265 e. The van der Waals surface area contributed by atoms with Crippen molar-refractivity contribution in [3.05, 3.63) is 51.4 Å². The maximum Gasteiger partial charge on any atom is 0.265 e. The monoisotopic (exact) mass is 424 g/mol. The van der Waals surface area contributed by atoms with Crippen LogP contribution in [-0.4, -0.2) is 23.8 Å². The van der Waals surface area contributed by atoms with Crippen molar-refractivity contribution in [2.75, 3.05) is 11.9 Å². The highest BCUT2D eigenvalue weighted by Crippen LogP contribution is 2.44. The number of hydrogen-bond donors (Lipinski definition) is 2. The predicted octanol–water partition coefficient (Wildman–Crippen LogP) is 4.47. The summed E-state index contributed by atoms with van der Waals surface area (Å²) in [5, 5.41) is 20.8. The molecule has 1 aromatic carbocycles. The second-order valence-corrected chi connectivity index (χ2v) is 9.92. The standard InChI is InChI=1S/C23H28N4O2S/c1-14-7-9-16(10-8-14)15(2)26-29-13-19(28)25-21-18(12-24)17-11-22(3,4)27-23(5,6)20(17)30-21/h7-10,27H,11,13H2,1-6H3,(H,25,28)/b26-15+. The molecule has 0 unspecified atom stereocenters. The Kier molecular flexibility index (Phi) is 6.02. The van der Waals surface area contributed by atoms with Gasteiger partial charge in [0.05, 0.1) is 11.3 Å². The van der Waals surface area contributed by atoms with E-state index in [0.717, 1.165) is 22.4 Å². The summed E-state index contributed by atoms with van der Waals surface area (Å²) in [5.41, 5.74) is 3.96. The van der Waals surface area contributed by atoms with Gasteiger partial charge in [0.15, 0.2) is 6.61 Å². The Morgan fingerprint density at radius 3 is 2.60 bits per heavy atom. The lowest BCUT2D eigenvalue weighted by Crippen LogP contribution is -2.54. The summed E-state index contributed by atoms with van der Waals surface area (Å²) >= 11 is 1.45. The molecule has 0 atom stereocenters. The number of aryl methyl sites for hydroxylation is 1. The first kappa shape index (κ1) is 22.0. The molecular formula is C23H28N4O2S. The largest absolute Gasteiger partial charge is 0.385 e. The van der Waals surface area contributed by atoms with Crippen LogP contribution in [0.3, 0.4) is 0 Å². The summed E-state index contributed by atoms with van der Waals surface area (Å²) in [7, 11) is 0. The van der Waals surface area contributed by atoms with Gasteiger partial charge >= 0.3 is 0 Å². The molecule has 3 rings (SSSR count). The van der Waals surface area contributed by atoms with Crippen molar-refractivity contribution in [2.24, 2.45) is 5.16 Å². The molecule has 1 aliphatic heterocycles. The molecule has 158 valence electrons. The van der Waals surface area contributed by atoms with Gasteiger partial charge in [0.1, 0.15) is 11.1 Å². The normalized spacial score (nSPS) is 17.0. The molecule has 7 heteroatoms. The van der Waals surface area contributed by atoms with E-state index in [1.165, 1.54) is 16.9 Å². The van der Waals surface area contributed by atoms with Gasteiger partial charge in [-0.3, -0.25) is 4.79 Å². The van der Waals surface area contributed by atoms with E-state index in [1.807, 2.05) is 38.1 Å². The van der Waals surface area contributed by atoms with Gasteiger partial charge in [0, 0.05) is 16.0 Å². The first-order valence-corrected chi connectivity index (χ1v) is 10.7. The van der Waals surface area contributed by atoms with Crippen LogP contribution in [0.2, 0.25) is 0 Å². The number of anilines is 1. The molecule has 2 N–H and O–H groups in total. The van der Waals surface area contributed by atoms with E-state index >= 15 is 0 Å². The summed E-state index contributed by atoms with van der Waals surface area (Å²) in [6.45, 7) is 12.1. The highest BCUT2D eigenvalue weighted by atomic mass is 32.1. The summed E-state index contributed by atoms with van der Waals surface area (Å²) in [4.78, 5) is 18.8. The molecule has 0 fully saturated rings. The topological polar surface area (TPSA) is 86.5 Å². The third-order valence-electron chi connectivity index (χ3n) is 5.08. The number of rotatable bonds is 5. The van der Waals surface area contributed by atoms with E-state index < -0.39 is 0 Å². The minimum Gasteiger partial charge on any atom is -0.385 e. The summed E-state index contributed by atoms with van der Waals surface area (Å²) in [6, 6.07) is 10.2. The maximum absolute atomic E-state index is 12.4. The Morgan fingerprint density at radius 2 is 1.97 bits per heavy atom. The highest BCUT2D eigenvalue weighted by molar-refractivity contribution is 7.17. The lowest BCUT2D eigenvalue weighted by atomic mass is 9.81. The summed E-state index contributed by atoms with van der Waals surface area (Å²) < 4.78 is 0. The van der Waals surface area contributed by atoms with Crippen LogP contribution in [0.1, 0.15) is 61.7 Å². The molecule has 2 heterocycles. The zero-order valence-corrected chi connectivity index (χ0v) is 19.2. The van der Waals surface area contributed by atoms with Crippen molar-refractivity contribution in [1.82, 2.24) is 5.32 Å². The molecule has 0 radical (unpaired) electrons. The van der Waals surface area contributed by atoms with E-state index in [2.05, 4.69) is 49.6 Å². The number of nitrogens with zero attached hydrogens (tertiary/aromatic N) is 2. The Hall–Kier alpha value is -2.69. The van der Waals surface area contributed by atoms with Crippen molar-refractivity contribution in [3.8, 4) is 6.07 Å². The minimum absolute atomic E-state index is 0.129. The number of benzene rings is 1. The fraction of sp³-hybridized carbons (Fsp3) is 0.435. The average molecular weight is 425 g/mol. The number of thiophene rings is 1. The average Bonchev–Trinajstić information content (AvgIpc) is 2.98. The van der Waals surface area contributed by atoms with Crippen LogP contribution in [-0.2, 0) is 21.6 Å². The van der Waals surface area contributed by atoms with Crippen molar-refractivity contribution in [2.45, 2.75) is 59.0 Å². The van der Waals surface area contributed by atoms with Gasteiger partial charge in [-0.25, -0.2) is 0 Å². The highest BCUT2D eigenvalue weighted by Gasteiger charge is 2.40. The van der Waals surface area contributed by atoms with Crippen LogP contribution in [0.15, 0.2) is 29.4 Å². The second kappa shape index (κ2) is 8.21. The Bertz CT molecular complexity index is 1030. The molecule has 2 aromatic rings. The number of carbonyl (C=O) groups excluding carboxylic acids is 1. The van der Waals surface area contributed by atoms with Gasteiger partial charge in [-0.05, 0) is 59.1 Å². The lowest BCUT2D eigenvalue weighted by Gasteiger charge is -2.42. The number of oxime groups is 1. The van der Waals surface area contributed by atoms with Gasteiger partial charge in [-0.1, -0.05) is 35.0 Å². The van der Waals surface area contributed by atoms with E-state index in [1.54, 1.807) is 0 Å². The lowest BCUT2D eigenvalue weighted by molar-refractivity contribution is -0.120. The number of carbonyl (C=O) groups is 1. The minimum atomic E-state index is -0.337. The predicted molar refractivity (Wildman–Crippen MR) is 121 cm³/mol. The third kappa shape index (κ3) is 4.72. The summed E-state index contributed by atoms with van der Waals surface area (Å²) in [5.74, 6) is -0.337. The quantitative estimate of drug-likeness (QED) is 0.548. The van der Waals surface area contributed by atoms with Crippen molar-refractivity contribution >= 4 is 28.0 Å². The van der Waals surface area contributed by atoms with Gasteiger partial charge in [-0.15, -0.1) is 11.3 Å². The fourth-order valence-corrected chi connectivity index (χ4v) is 5.18. The van der Waals surface area contributed by atoms with Crippen LogP contribution in [0.25, 0.3) is 0 Å². The number of nitrogens with one attached hydrogen (secondary N) is 2. The first-order chi connectivity index (χ1) is 14.0. The Labute approximate surface area is 181 Å². The van der Waals surface area contributed by atoms with Gasteiger partial charge in [0.25, 0.3) is 5.91 Å². The molecule has 0 saturated heterocycles. The Morgan fingerprint density at radius 1 is 1.30 bits per heavy atom. The van der Waals surface area contributed by atoms with Gasteiger partial charge in [0.2, 0.25) is 0 Å². The van der Waals surface area contributed by atoms with E-state index in [4.69, 9.17) is 4.84 Å². The molecule has 0 aliphatic carbocycles. The number of nitriles is 1.